The Hall–Kier alpha value is -2.67. The average molecular weight is 319 g/mol. The second kappa shape index (κ2) is 6.40. The van der Waals surface area contributed by atoms with Crippen molar-refractivity contribution >= 4 is 21.7 Å². The molecule has 0 atom stereocenters. The molecular weight excluding hydrogens is 306 g/mol. The van der Waals surface area contributed by atoms with Crippen LogP contribution in [-0.4, -0.2) is 31.9 Å². The number of nitrogens with one attached hydrogen (secondary N) is 1. The molecule has 0 aliphatic heterocycles. The van der Waals surface area contributed by atoms with E-state index in [0.717, 1.165) is 0 Å². The first-order chi connectivity index (χ1) is 10.4. The van der Waals surface area contributed by atoms with Crippen LogP contribution in [0.4, 0.5) is 0 Å². The van der Waals surface area contributed by atoms with Gasteiger partial charge in [0.15, 0.2) is 0 Å². The highest BCUT2D eigenvalue weighted by molar-refractivity contribution is 7.91. The van der Waals surface area contributed by atoms with Crippen LogP contribution in [0, 0.1) is 0 Å². The fourth-order valence-corrected chi connectivity index (χ4v) is 3.06. The van der Waals surface area contributed by atoms with Crippen LogP contribution < -0.4 is 5.32 Å². The van der Waals surface area contributed by atoms with E-state index in [1.807, 2.05) is 0 Å². The van der Waals surface area contributed by atoms with Gasteiger partial charge in [0.2, 0.25) is 9.84 Å². The summed E-state index contributed by atoms with van der Waals surface area (Å²) in [7, 11) is -3.63. The molecule has 2 aromatic rings. The summed E-state index contributed by atoms with van der Waals surface area (Å²) in [5, 5.41) is 10.7. The maximum atomic E-state index is 12.4. The molecule has 2 rings (SSSR count). The number of aliphatic carboxylic acids is 1. The number of carboxylic acids is 1. The number of hydrogen-bond acceptors (Lipinski definition) is 4. The summed E-state index contributed by atoms with van der Waals surface area (Å²) in [5.41, 5.74) is 0.188. The highest BCUT2D eigenvalue weighted by Crippen LogP contribution is 2.20. The van der Waals surface area contributed by atoms with Crippen molar-refractivity contribution in [1.82, 2.24) is 5.32 Å². The van der Waals surface area contributed by atoms with Crippen molar-refractivity contribution in [2.45, 2.75) is 9.79 Å². The molecule has 0 aliphatic rings. The molecule has 0 aliphatic carbocycles. The molecule has 2 N–H and O–H groups in total. The van der Waals surface area contributed by atoms with Crippen molar-refractivity contribution in [3.05, 3.63) is 60.2 Å². The van der Waals surface area contributed by atoms with Crippen LogP contribution in [-0.2, 0) is 14.6 Å². The van der Waals surface area contributed by atoms with Crippen molar-refractivity contribution in [2.75, 3.05) is 6.54 Å². The Morgan fingerprint density at radius 3 is 2.00 bits per heavy atom. The Labute approximate surface area is 127 Å². The van der Waals surface area contributed by atoms with Gasteiger partial charge in [-0.1, -0.05) is 18.2 Å². The van der Waals surface area contributed by atoms with Gasteiger partial charge in [-0.05, 0) is 36.4 Å². The van der Waals surface area contributed by atoms with Crippen LogP contribution >= 0.6 is 0 Å². The van der Waals surface area contributed by atoms with Crippen molar-refractivity contribution in [3.8, 4) is 0 Å². The van der Waals surface area contributed by atoms with Crippen LogP contribution in [0.2, 0.25) is 0 Å². The zero-order valence-electron chi connectivity index (χ0n) is 11.4. The molecule has 0 heterocycles. The predicted molar refractivity (Wildman–Crippen MR) is 78.3 cm³/mol. The second-order valence-electron chi connectivity index (χ2n) is 4.42. The third-order valence-electron chi connectivity index (χ3n) is 2.88. The van der Waals surface area contributed by atoms with Crippen molar-refractivity contribution < 1.29 is 23.1 Å². The Bertz CT molecular complexity index is 782. The Morgan fingerprint density at radius 2 is 1.45 bits per heavy atom. The second-order valence-corrected chi connectivity index (χ2v) is 6.37. The summed E-state index contributed by atoms with van der Waals surface area (Å²) >= 11 is 0. The fraction of sp³-hybridized carbons (Fsp3) is 0.0667. The van der Waals surface area contributed by atoms with Gasteiger partial charge in [-0.15, -0.1) is 0 Å². The van der Waals surface area contributed by atoms with Gasteiger partial charge in [0.1, 0.15) is 6.54 Å². The molecule has 0 saturated heterocycles. The number of rotatable bonds is 5. The molecule has 2 aromatic carbocycles. The molecule has 0 saturated carbocycles. The van der Waals surface area contributed by atoms with Crippen LogP contribution in [0.3, 0.4) is 0 Å². The van der Waals surface area contributed by atoms with Gasteiger partial charge in [0, 0.05) is 5.56 Å². The largest absolute Gasteiger partial charge is 0.480 e. The van der Waals surface area contributed by atoms with Crippen molar-refractivity contribution in [1.29, 1.82) is 0 Å². The van der Waals surface area contributed by atoms with Crippen LogP contribution in [0.25, 0.3) is 0 Å². The number of sulfone groups is 1. The first-order valence-corrected chi connectivity index (χ1v) is 7.80. The molecule has 1 amide bonds. The molecule has 22 heavy (non-hydrogen) atoms. The Kier molecular flexibility index (Phi) is 4.57. The first-order valence-electron chi connectivity index (χ1n) is 6.31. The molecule has 0 unspecified atom stereocenters. The number of carbonyl (C=O) groups excluding carboxylic acids is 1. The number of carbonyl (C=O) groups is 2. The van der Waals surface area contributed by atoms with Gasteiger partial charge in [-0.25, -0.2) is 8.42 Å². The summed E-state index contributed by atoms with van der Waals surface area (Å²) in [6, 6.07) is 13.3. The number of carboxylic acid groups (broad SMARTS) is 1. The maximum absolute atomic E-state index is 12.4. The van der Waals surface area contributed by atoms with Crippen molar-refractivity contribution in [2.24, 2.45) is 0 Å². The standard InChI is InChI=1S/C15H13NO5S/c17-14(18)10-16-15(19)11-6-8-13(9-7-11)22(20,21)12-4-2-1-3-5-12/h1-9H,10H2,(H,16,19)(H,17,18). The first kappa shape index (κ1) is 15.7. The molecule has 114 valence electrons. The van der Waals surface area contributed by atoms with Gasteiger partial charge < -0.3 is 10.4 Å². The number of benzene rings is 2. The summed E-state index contributed by atoms with van der Waals surface area (Å²) in [6.07, 6.45) is 0. The van der Waals surface area contributed by atoms with Gasteiger partial charge in [0.25, 0.3) is 5.91 Å². The van der Waals surface area contributed by atoms with Gasteiger partial charge in [0.05, 0.1) is 9.79 Å². The van der Waals surface area contributed by atoms with Gasteiger partial charge in [-0.3, -0.25) is 9.59 Å². The quantitative estimate of drug-likeness (QED) is 0.866. The SMILES string of the molecule is O=C(O)CNC(=O)c1ccc(S(=O)(=O)c2ccccc2)cc1. The van der Waals surface area contributed by atoms with E-state index >= 15 is 0 Å². The maximum Gasteiger partial charge on any atom is 0.322 e. The normalized spacial score (nSPS) is 10.9. The lowest BCUT2D eigenvalue weighted by Crippen LogP contribution is -2.29. The van der Waals surface area contributed by atoms with Gasteiger partial charge >= 0.3 is 5.97 Å². The van der Waals surface area contributed by atoms with E-state index in [0.29, 0.717) is 0 Å². The predicted octanol–water partition coefficient (Wildman–Crippen LogP) is 1.33. The monoisotopic (exact) mass is 319 g/mol. The summed E-state index contributed by atoms with van der Waals surface area (Å²) in [5.74, 6) is -1.73. The molecule has 0 fully saturated rings. The Morgan fingerprint density at radius 1 is 0.909 bits per heavy atom. The topological polar surface area (TPSA) is 101 Å². The molecule has 0 bridgehead atoms. The third-order valence-corrected chi connectivity index (χ3v) is 4.67. The molecule has 0 radical (unpaired) electrons. The number of hydrogen-bond donors (Lipinski definition) is 2. The van der Waals surface area contributed by atoms with Crippen LogP contribution in [0.1, 0.15) is 10.4 Å². The summed E-state index contributed by atoms with van der Waals surface area (Å²) < 4.78 is 24.7. The van der Waals surface area contributed by atoms with Crippen LogP contribution in [0.5, 0.6) is 0 Å². The van der Waals surface area contributed by atoms with E-state index in [-0.39, 0.29) is 15.4 Å². The minimum absolute atomic E-state index is 0.0634. The minimum Gasteiger partial charge on any atom is -0.480 e. The highest BCUT2D eigenvalue weighted by atomic mass is 32.2. The lowest BCUT2D eigenvalue weighted by Gasteiger charge is -2.06. The minimum atomic E-state index is -3.63. The van der Waals surface area contributed by atoms with Crippen LogP contribution in [0.15, 0.2) is 64.4 Å². The Balaban J connectivity index is 2.22. The lowest BCUT2D eigenvalue weighted by molar-refractivity contribution is -0.135. The van der Waals surface area contributed by atoms with Crippen molar-refractivity contribution in [3.63, 3.8) is 0 Å². The summed E-state index contributed by atoms with van der Waals surface area (Å²) in [4.78, 5) is 22.3. The summed E-state index contributed by atoms with van der Waals surface area (Å²) in [6.45, 7) is -0.497. The van der Waals surface area contributed by atoms with E-state index in [1.54, 1.807) is 18.2 Å². The zero-order chi connectivity index (χ0) is 16.2. The lowest BCUT2D eigenvalue weighted by atomic mass is 10.2. The van der Waals surface area contributed by atoms with E-state index < -0.39 is 28.3 Å². The third kappa shape index (κ3) is 3.50. The molecule has 6 nitrogen and oxygen atoms in total. The zero-order valence-corrected chi connectivity index (χ0v) is 12.2. The number of amides is 1. The fourth-order valence-electron chi connectivity index (χ4n) is 1.78. The highest BCUT2D eigenvalue weighted by Gasteiger charge is 2.17. The van der Waals surface area contributed by atoms with Gasteiger partial charge in [-0.2, -0.15) is 0 Å². The van der Waals surface area contributed by atoms with E-state index in [4.69, 9.17) is 5.11 Å². The molecule has 0 spiro atoms. The molecule has 7 heteroatoms. The van der Waals surface area contributed by atoms with E-state index in [9.17, 15) is 18.0 Å². The average Bonchev–Trinajstić information content (AvgIpc) is 2.53. The van der Waals surface area contributed by atoms with E-state index in [1.165, 1.54) is 36.4 Å². The molecular formula is C15H13NO5S. The molecule has 0 aromatic heterocycles. The van der Waals surface area contributed by atoms with E-state index in [2.05, 4.69) is 5.32 Å². The smallest absolute Gasteiger partial charge is 0.322 e.